The Hall–Kier alpha value is -2.83. The Morgan fingerprint density at radius 3 is 2.85 bits per heavy atom. The first kappa shape index (κ1) is 23.3. The summed E-state index contributed by atoms with van der Waals surface area (Å²) in [5, 5.41) is 7.98. The fourth-order valence-corrected chi connectivity index (χ4v) is 4.55. The first-order valence-electron chi connectivity index (χ1n) is 10.2. The van der Waals surface area contributed by atoms with E-state index >= 15 is 0 Å². The van der Waals surface area contributed by atoms with Gasteiger partial charge in [0.15, 0.2) is 0 Å². The summed E-state index contributed by atoms with van der Waals surface area (Å²) in [6.07, 6.45) is 0.193. The van der Waals surface area contributed by atoms with Crippen molar-refractivity contribution < 1.29 is 27.1 Å². The van der Waals surface area contributed by atoms with Gasteiger partial charge in [0.25, 0.3) is 12.3 Å². The van der Waals surface area contributed by atoms with E-state index in [0.29, 0.717) is 30.5 Å². The summed E-state index contributed by atoms with van der Waals surface area (Å²) in [6.45, 7) is 0.481. The minimum atomic E-state index is -3.11. The third-order valence-corrected chi connectivity index (χ3v) is 6.31. The van der Waals surface area contributed by atoms with Gasteiger partial charge in [0.2, 0.25) is 0 Å². The molecule has 0 radical (unpaired) electrons. The van der Waals surface area contributed by atoms with E-state index in [1.807, 2.05) is 0 Å². The van der Waals surface area contributed by atoms with Crippen LogP contribution in [0.15, 0.2) is 23.7 Å². The zero-order valence-corrected chi connectivity index (χ0v) is 18.3. The number of hydrogen-bond donors (Lipinski definition) is 2. The Bertz CT molecular complexity index is 1170. The van der Waals surface area contributed by atoms with Crippen LogP contribution in [-0.2, 0) is 11.8 Å². The quantitative estimate of drug-likeness (QED) is 0.518. The minimum absolute atomic E-state index is 0.0408. The lowest BCUT2D eigenvalue weighted by Crippen LogP contribution is -2.19. The molecule has 1 saturated heterocycles. The number of amides is 1. The largest absolute Gasteiger partial charge is 0.372 e. The molecule has 0 saturated carbocycles. The summed E-state index contributed by atoms with van der Waals surface area (Å²) in [6, 6.07) is 1.48. The number of anilines is 1. The maximum atomic E-state index is 14.5. The van der Waals surface area contributed by atoms with Gasteiger partial charge in [-0.3, -0.25) is 9.48 Å². The first-order chi connectivity index (χ1) is 15.8. The molecule has 1 aromatic carbocycles. The van der Waals surface area contributed by atoms with Gasteiger partial charge in [-0.15, -0.1) is 11.3 Å². The van der Waals surface area contributed by atoms with Gasteiger partial charge in [-0.2, -0.15) is 5.10 Å². The van der Waals surface area contributed by atoms with Crippen LogP contribution in [0.25, 0.3) is 10.6 Å². The van der Waals surface area contributed by atoms with Crippen molar-refractivity contribution in [3.05, 3.63) is 52.3 Å². The van der Waals surface area contributed by atoms with E-state index in [-0.39, 0.29) is 22.8 Å². The summed E-state index contributed by atoms with van der Waals surface area (Å²) in [4.78, 5) is 16.8. The van der Waals surface area contributed by atoms with Crippen molar-refractivity contribution in [2.45, 2.75) is 37.8 Å². The number of nitrogens with two attached hydrogens (primary N) is 1. The lowest BCUT2D eigenvalue weighted by molar-refractivity contribution is 0.0529. The van der Waals surface area contributed by atoms with Crippen molar-refractivity contribution >= 4 is 22.9 Å². The van der Waals surface area contributed by atoms with Crippen molar-refractivity contribution in [2.75, 3.05) is 11.9 Å². The van der Waals surface area contributed by atoms with Gasteiger partial charge >= 0.3 is 0 Å². The smallest absolute Gasteiger partial charge is 0.275 e. The van der Waals surface area contributed by atoms with E-state index in [0.717, 1.165) is 30.2 Å². The van der Waals surface area contributed by atoms with Crippen molar-refractivity contribution in [1.82, 2.24) is 14.8 Å². The average Bonchev–Trinajstić information content (AvgIpc) is 3.32. The van der Waals surface area contributed by atoms with Crippen molar-refractivity contribution in [3.63, 3.8) is 0 Å². The Balaban J connectivity index is 1.57. The highest BCUT2D eigenvalue weighted by molar-refractivity contribution is 7.13. The van der Waals surface area contributed by atoms with Crippen LogP contribution in [-0.4, -0.2) is 33.3 Å². The molecule has 3 heterocycles. The SMILES string of the molecule is Cn1ncc(NC(=O)c2csc(-c3c(F)ccc(C(F)F)c3F)n2)c1C1CCC(N)CCO1. The molecule has 2 unspecified atom stereocenters. The number of aryl methyl sites for hydroxylation is 1. The zero-order chi connectivity index (χ0) is 23.7. The first-order valence-corrected chi connectivity index (χ1v) is 11.1. The summed E-state index contributed by atoms with van der Waals surface area (Å²) in [5.41, 5.74) is 5.34. The van der Waals surface area contributed by atoms with Gasteiger partial charge < -0.3 is 15.8 Å². The maximum absolute atomic E-state index is 14.5. The van der Waals surface area contributed by atoms with E-state index in [1.54, 1.807) is 11.7 Å². The van der Waals surface area contributed by atoms with E-state index in [2.05, 4.69) is 15.4 Å². The Morgan fingerprint density at radius 1 is 1.30 bits per heavy atom. The number of thiazole rings is 1. The number of hydrogen-bond acceptors (Lipinski definition) is 6. The molecule has 3 aromatic rings. The number of halogens is 4. The second-order valence-electron chi connectivity index (χ2n) is 7.67. The van der Waals surface area contributed by atoms with Crippen LogP contribution in [0.4, 0.5) is 23.2 Å². The van der Waals surface area contributed by atoms with Gasteiger partial charge in [0.05, 0.1) is 28.7 Å². The lowest BCUT2D eigenvalue weighted by atomic mass is 10.1. The van der Waals surface area contributed by atoms with Crippen molar-refractivity contribution in [3.8, 4) is 10.6 Å². The number of carbonyl (C=O) groups excluding carboxylic acids is 1. The monoisotopic (exact) mass is 483 g/mol. The Kier molecular flexibility index (Phi) is 6.77. The molecule has 2 atom stereocenters. The van der Waals surface area contributed by atoms with Crippen LogP contribution in [0, 0.1) is 11.6 Å². The molecule has 1 fully saturated rings. The number of nitrogens with zero attached hydrogens (tertiary/aromatic N) is 3. The molecule has 4 rings (SSSR count). The van der Waals surface area contributed by atoms with E-state index in [4.69, 9.17) is 10.5 Å². The van der Waals surface area contributed by atoms with Crippen molar-refractivity contribution in [1.29, 1.82) is 0 Å². The fraction of sp³-hybridized carbons (Fsp3) is 0.381. The van der Waals surface area contributed by atoms with E-state index in [9.17, 15) is 22.4 Å². The van der Waals surface area contributed by atoms with Gasteiger partial charge in [0.1, 0.15) is 28.4 Å². The Labute approximate surface area is 190 Å². The lowest BCUT2D eigenvalue weighted by Gasteiger charge is -2.17. The molecule has 0 spiro atoms. The van der Waals surface area contributed by atoms with Crippen LogP contribution in [0.2, 0.25) is 0 Å². The average molecular weight is 483 g/mol. The molecular formula is C21H21F4N5O2S. The van der Waals surface area contributed by atoms with Crippen LogP contribution < -0.4 is 11.1 Å². The number of nitrogens with one attached hydrogen (secondary N) is 1. The molecular weight excluding hydrogens is 462 g/mol. The molecule has 0 aliphatic carbocycles. The normalized spacial score (nSPS) is 19.0. The maximum Gasteiger partial charge on any atom is 0.275 e. The zero-order valence-electron chi connectivity index (χ0n) is 17.5. The molecule has 176 valence electrons. The summed E-state index contributed by atoms with van der Waals surface area (Å²) in [5.74, 6) is -3.08. The minimum Gasteiger partial charge on any atom is -0.372 e. The molecule has 3 N–H and O–H groups in total. The summed E-state index contributed by atoms with van der Waals surface area (Å²) >= 11 is 0.774. The summed E-state index contributed by atoms with van der Waals surface area (Å²) in [7, 11) is 1.72. The summed E-state index contributed by atoms with van der Waals surface area (Å²) < 4.78 is 62.2. The van der Waals surface area contributed by atoms with Crippen LogP contribution >= 0.6 is 11.3 Å². The van der Waals surface area contributed by atoms with Gasteiger partial charge in [-0.05, 0) is 31.4 Å². The standard InChI is InChI=1S/C21H21F4N5O2S/c1-30-18(15-5-2-10(26)6-7-32-15)13(8-27-30)28-20(31)14-9-33-21(29-14)16-12(22)4-3-11(17(16)23)19(24)25/h3-4,8-10,15,19H,2,5-7,26H2,1H3,(H,28,31). The molecule has 2 aromatic heterocycles. The predicted octanol–water partition coefficient (Wildman–Crippen LogP) is 4.58. The number of carbonyl (C=O) groups is 1. The molecule has 1 aliphatic heterocycles. The molecule has 33 heavy (non-hydrogen) atoms. The number of alkyl halides is 2. The van der Waals surface area contributed by atoms with Crippen LogP contribution in [0.1, 0.15) is 53.5 Å². The fourth-order valence-electron chi connectivity index (χ4n) is 3.71. The second kappa shape index (κ2) is 9.57. The predicted molar refractivity (Wildman–Crippen MR) is 114 cm³/mol. The number of aromatic nitrogens is 3. The molecule has 1 amide bonds. The third-order valence-electron chi connectivity index (χ3n) is 5.45. The van der Waals surface area contributed by atoms with Crippen LogP contribution in [0.5, 0.6) is 0 Å². The topological polar surface area (TPSA) is 95.1 Å². The highest BCUT2D eigenvalue weighted by Gasteiger charge is 2.27. The van der Waals surface area contributed by atoms with Gasteiger partial charge in [0, 0.05) is 25.1 Å². The van der Waals surface area contributed by atoms with Gasteiger partial charge in [-0.1, -0.05) is 0 Å². The number of rotatable bonds is 5. The third kappa shape index (κ3) is 4.77. The van der Waals surface area contributed by atoms with Crippen molar-refractivity contribution in [2.24, 2.45) is 12.8 Å². The van der Waals surface area contributed by atoms with E-state index in [1.165, 1.54) is 11.6 Å². The Morgan fingerprint density at radius 2 is 2.09 bits per heavy atom. The van der Waals surface area contributed by atoms with Gasteiger partial charge in [-0.25, -0.2) is 22.5 Å². The highest BCUT2D eigenvalue weighted by Crippen LogP contribution is 2.35. The second-order valence-corrected chi connectivity index (χ2v) is 8.53. The highest BCUT2D eigenvalue weighted by atomic mass is 32.1. The molecule has 12 heteroatoms. The molecule has 7 nitrogen and oxygen atoms in total. The number of ether oxygens (including phenoxy) is 1. The van der Waals surface area contributed by atoms with Crippen LogP contribution in [0.3, 0.4) is 0 Å². The molecule has 0 bridgehead atoms. The number of benzene rings is 1. The van der Waals surface area contributed by atoms with E-state index < -0.39 is 35.1 Å². The molecule has 1 aliphatic rings.